The van der Waals surface area contributed by atoms with Gasteiger partial charge in [-0.1, -0.05) is 6.07 Å². The molecule has 0 heterocycles. The second-order valence-electron chi connectivity index (χ2n) is 3.40. The Bertz CT molecular complexity index is 463. The zero-order chi connectivity index (χ0) is 11.6. The van der Waals surface area contributed by atoms with Crippen LogP contribution in [-0.4, -0.2) is 14.7 Å². The van der Waals surface area contributed by atoms with Crippen LogP contribution in [0.15, 0.2) is 18.2 Å². The van der Waals surface area contributed by atoms with Gasteiger partial charge in [0.15, 0.2) is 0 Å². The van der Waals surface area contributed by atoms with Gasteiger partial charge in [0.1, 0.15) is 5.82 Å². The molecule has 1 unspecified atom stereocenters. The fraction of sp³-hybridized carbons (Fsp3) is 0.333. The van der Waals surface area contributed by atoms with E-state index in [1.54, 1.807) is 13.0 Å². The van der Waals surface area contributed by atoms with Gasteiger partial charge < -0.3 is 5.73 Å². The number of nitrogens with one attached hydrogen (secondary N) is 1. The lowest BCUT2D eigenvalue weighted by molar-refractivity contribution is 0.603. The summed E-state index contributed by atoms with van der Waals surface area (Å²) in [5.41, 5.74) is 6.10. The van der Waals surface area contributed by atoms with Crippen molar-refractivity contribution in [3.63, 3.8) is 0 Å². The summed E-state index contributed by atoms with van der Waals surface area (Å²) in [4.78, 5) is 0. The fourth-order valence-corrected chi connectivity index (χ4v) is 1.66. The summed E-state index contributed by atoms with van der Waals surface area (Å²) in [6.45, 7) is 1.72. The van der Waals surface area contributed by atoms with Crippen molar-refractivity contribution in [3.8, 4) is 0 Å². The third-order valence-corrected chi connectivity index (χ3v) is 2.40. The molecule has 16 heavy (non-hydrogen) atoms. The van der Waals surface area contributed by atoms with Gasteiger partial charge in [-0.3, -0.25) is 4.72 Å². The molecule has 0 amide bonds. The molecule has 3 N–H and O–H groups in total. The number of halogens is 2. The number of rotatable bonds is 3. The minimum atomic E-state index is -3.45. The summed E-state index contributed by atoms with van der Waals surface area (Å²) in [6, 6.07) is 3.88. The summed E-state index contributed by atoms with van der Waals surface area (Å²) in [6.07, 6.45) is 0.964. The van der Waals surface area contributed by atoms with Crippen molar-refractivity contribution >= 4 is 28.1 Å². The number of hydrogen-bond acceptors (Lipinski definition) is 3. The molecule has 1 rings (SSSR count). The first kappa shape index (κ1) is 15.2. The molecule has 1 aromatic carbocycles. The van der Waals surface area contributed by atoms with Crippen molar-refractivity contribution in [3.05, 3.63) is 29.6 Å². The predicted molar refractivity (Wildman–Crippen MR) is 64.7 cm³/mol. The SMILES string of the molecule is CC(N)c1ccc(NS(C)(=O)=O)c(F)c1.Cl. The van der Waals surface area contributed by atoms with Crippen LogP contribution < -0.4 is 10.5 Å². The van der Waals surface area contributed by atoms with Crippen molar-refractivity contribution in [2.45, 2.75) is 13.0 Å². The van der Waals surface area contributed by atoms with E-state index in [4.69, 9.17) is 5.73 Å². The van der Waals surface area contributed by atoms with Gasteiger partial charge in [-0.25, -0.2) is 12.8 Å². The van der Waals surface area contributed by atoms with Crippen molar-refractivity contribution in [1.82, 2.24) is 0 Å². The highest BCUT2D eigenvalue weighted by Crippen LogP contribution is 2.19. The second-order valence-corrected chi connectivity index (χ2v) is 5.15. The van der Waals surface area contributed by atoms with E-state index in [1.807, 2.05) is 0 Å². The molecule has 0 saturated carbocycles. The van der Waals surface area contributed by atoms with Crippen molar-refractivity contribution in [2.24, 2.45) is 5.73 Å². The Hall–Kier alpha value is -0.850. The normalized spacial score (nSPS) is 12.8. The molecule has 0 fully saturated rings. The largest absolute Gasteiger partial charge is 0.324 e. The Morgan fingerprint density at radius 3 is 2.38 bits per heavy atom. The molecule has 7 heteroatoms. The molecular formula is C9H14ClFN2O2S. The topological polar surface area (TPSA) is 72.2 Å². The summed E-state index contributed by atoms with van der Waals surface area (Å²) in [5.74, 6) is -0.629. The highest BCUT2D eigenvalue weighted by molar-refractivity contribution is 7.92. The number of sulfonamides is 1. The third kappa shape index (κ3) is 4.34. The molecule has 1 atom stereocenters. The molecule has 0 aliphatic carbocycles. The number of anilines is 1. The molecule has 0 saturated heterocycles. The Morgan fingerprint density at radius 1 is 1.44 bits per heavy atom. The van der Waals surface area contributed by atoms with Gasteiger partial charge in [0.2, 0.25) is 10.0 Å². The van der Waals surface area contributed by atoms with Crippen molar-refractivity contribution in [1.29, 1.82) is 0 Å². The van der Waals surface area contributed by atoms with Crippen LogP contribution >= 0.6 is 12.4 Å². The third-order valence-electron chi connectivity index (χ3n) is 1.81. The maximum absolute atomic E-state index is 13.4. The van der Waals surface area contributed by atoms with Crippen LogP contribution in [0.2, 0.25) is 0 Å². The van der Waals surface area contributed by atoms with Gasteiger partial charge in [-0.2, -0.15) is 0 Å². The van der Waals surface area contributed by atoms with Crippen molar-refractivity contribution in [2.75, 3.05) is 11.0 Å². The lowest BCUT2D eigenvalue weighted by atomic mass is 10.1. The maximum Gasteiger partial charge on any atom is 0.229 e. The minimum absolute atomic E-state index is 0. The van der Waals surface area contributed by atoms with E-state index in [1.165, 1.54) is 12.1 Å². The van der Waals surface area contributed by atoms with E-state index < -0.39 is 15.8 Å². The van der Waals surface area contributed by atoms with Crippen molar-refractivity contribution < 1.29 is 12.8 Å². The quantitative estimate of drug-likeness (QED) is 0.875. The Morgan fingerprint density at radius 2 is 2.00 bits per heavy atom. The lowest BCUT2D eigenvalue weighted by Gasteiger charge is -2.09. The van der Waals surface area contributed by atoms with E-state index in [9.17, 15) is 12.8 Å². The van der Waals surface area contributed by atoms with Crippen LogP contribution in [0.1, 0.15) is 18.5 Å². The highest BCUT2D eigenvalue weighted by atomic mass is 35.5. The van der Waals surface area contributed by atoms with Crippen LogP contribution in [0.25, 0.3) is 0 Å². The van der Waals surface area contributed by atoms with Gasteiger partial charge in [0.25, 0.3) is 0 Å². The van der Waals surface area contributed by atoms with Crippen LogP contribution in [0.5, 0.6) is 0 Å². The number of benzene rings is 1. The van der Waals surface area contributed by atoms with Gasteiger partial charge in [-0.15, -0.1) is 12.4 Å². The first-order chi connectivity index (χ1) is 6.79. The Kier molecular flexibility index (Phi) is 5.18. The molecule has 1 aromatic rings. The molecule has 4 nitrogen and oxygen atoms in total. The molecular weight excluding hydrogens is 255 g/mol. The van der Waals surface area contributed by atoms with E-state index in [0.717, 1.165) is 6.26 Å². The Labute approximate surface area is 100 Å². The number of nitrogens with two attached hydrogens (primary N) is 1. The fourth-order valence-electron chi connectivity index (χ4n) is 1.10. The maximum atomic E-state index is 13.4. The standard InChI is InChI=1S/C9H13FN2O2S.ClH/c1-6(11)7-3-4-9(8(10)5-7)12-15(2,13)14;/h3-6,12H,11H2,1-2H3;1H. The lowest BCUT2D eigenvalue weighted by Crippen LogP contribution is -2.12. The van der Waals surface area contributed by atoms with E-state index in [0.29, 0.717) is 5.56 Å². The summed E-state index contributed by atoms with van der Waals surface area (Å²) in [7, 11) is -3.45. The highest BCUT2D eigenvalue weighted by Gasteiger charge is 2.09. The van der Waals surface area contributed by atoms with Gasteiger partial charge >= 0.3 is 0 Å². The summed E-state index contributed by atoms with van der Waals surface area (Å²) >= 11 is 0. The van der Waals surface area contributed by atoms with Crippen LogP contribution in [0.4, 0.5) is 10.1 Å². The van der Waals surface area contributed by atoms with E-state index >= 15 is 0 Å². The zero-order valence-electron chi connectivity index (χ0n) is 8.90. The Balaban J connectivity index is 0.00000225. The molecule has 0 radical (unpaired) electrons. The van der Waals surface area contributed by atoms with Gasteiger partial charge in [-0.05, 0) is 24.6 Å². The average molecular weight is 269 g/mol. The van der Waals surface area contributed by atoms with Crippen LogP contribution in [0.3, 0.4) is 0 Å². The first-order valence-electron chi connectivity index (χ1n) is 4.32. The predicted octanol–water partition coefficient (Wildman–Crippen LogP) is 1.64. The van der Waals surface area contributed by atoms with Crippen LogP contribution in [-0.2, 0) is 10.0 Å². The second kappa shape index (κ2) is 5.47. The molecule has 0 aliphatic rings. The summed E-state index contributed by atoms with van der Waals surface area (Å²) in [5, 5.41) is 0. The smallest absolute Gasteiger partial charge is 0.229 e. The number of hydrogen-bond donors (Lipinski definition) is 2. The van der Waals surface area contributed by atoms with E-state index in [-0.39, 0.29) is 24.1 Å². The molecule has 0 aliphatic heterocycles. The van der Waals surface area contributed by atoms with Gasteiger partial charge in [0, 0.05) is 6.04 Å². The molecule has 0 bridgehead atoms. The molecule has 0 spiro atoms. The monoisotopic (exact) mass is 268 g/mol. The molecule has 92 valence electrons. The average Bonchev–Trinajstić information content (AvgIpc) is 2.05. The van der Waals surface area contributed by atoms with Crippen LogP contribution in [0, 0.1) is 5.82 Å². The van der Waals surface area contributed by atoms with Gasteiger partial charge in [0.05, 0.1) is 11.9 Å². The first-order valence-corrected chi connectivity index (χ1v) is 6.21. The van der Waals surface area contributed by atoms with E-state index in [2.05, 4.69) is 4.72 Å². The zero-order valence-corrected chi connectivity index (χ0v) is 10.5. The summed E-state index contributed by atoms with van der Waals surface area (Å²) < 4.78 is 37.2. The minimum Gasteiger partial charge on any atom is -0.324 e. The molecule has 0 aromatic heterocycles.